The number of hydrogen-bond acceptors (Lipinski definition) is 0. The van der Waals surface area contributed by atoms with Gasteiger partial charge in [0.15, 0.2) is 0 Å². The third-order valence-corrected chi connectivity index (χ3v) is 5.74. The summed E-state index contributed by atoms with van der Waals surface area (Å²) in [5, 5.41) is 0. The molecule has 2 aliphatic rings. The summed E-state index contributed by atoms with van der Waals surface area (Å²) in [6, 6.07) is 20.9. The number of halogens is 2. The standard InChI is InChI=1S/C13H10.2C7H9.2ClH.Ti/c1-3-7-12(8-4-1)11-13-9-5-2-6-10-13;2*1-6-4-3-5-7(6)2;;;/h1-10H;2*4H,5H2,1-2H3;2*1H;/q;2*-1;;;+2. The van der Waals surface area contributed by atoms with Gasteiger partial charge in [0.25, 0.3) is 0 Å². The van der Waals surface area contributed by atoms with Crippen molar-refractivity contribution in [3.05, 3.63) is 118 Å². The van der Waals surface area contributed by atoms with Crippen LogP contribution < -0.4 is 0 Å². The van der Waals surface area contributed by atoms with E-state index in [9.17, 15) is 0 Å². The molecule has 2 aliphatic carbocycles. The van der Waals surface area contributed by atoms with E-state index in [1.54, 1.807) is 0 Å². The monoisotopic (exact) mass is 472 g/mol. The van der Waals surface area contributed by atoms with E-state index in [1.165, 1.54) is 37.2 Å². The summed E-state index contributed by atoms with van der Waals surface area (Å²) >= 11 is 2.16. The van der Waals surface area contributed by atoms with Crippen LogP contribution in [0, 0.1) is 12.2 Å². The first-order valence-electron chi connectivity index (χ1n) is 9.64. The molecule has 0 saturated carbocycles. The molecule has 0 atom stereocenters. The molecule has 0 amide bonds. The van der Waals surface area contributed by atoms with E-state index in [-0.39, 0.29) is 24.8 Å². The molecular weight excluding hydrogens is 443 g/mol. The Morgan fingerprint density at radius 1 is 0.633 bits per heavy atom. The van der Waals surface area contributed by atoms with Gasteiger partial charge in [0.05, 0.1) is 0 Å². The normalized spacial score (nSPS) is 13.5. The van der Waals surface area contributed by atoms with Crippen LogP contribution in [0.2, 0.25) is 0 Å². The van der Waals surface area contributed by atoms with Crippen molar-refractivity contribution in [1.29, 1.82) is 0 Å². The molecule has 0 N–H and O–H groups in total. The van der Waals surface area contributed by atoms with Crippen molar-refractivity contribution in [2.45, 2.75) is 40.5 Å². The summed E-state index contributed by atoms with van der Waals surface area (Å²) in [5.41, 5.74) is 8.28. The van der Waals surface area contributed by atoms with E-state index in [1.807, 2.05) is 12.1 Å². The molecule has 0 unspecified atom stereocenters. The Bertz CT molecular complexity index is 829. The molecule has 4 rings (SSSR count). The minimum absolute atomic E-state index is 0. The second kappa shape index (κ2) is 15.4. The van der Waals surface area contributed by atoms with Crippen molar-refractivity contribution < 1.29 is 20.0 Å². The molecule has 0 aliphatic heterocycles. The number of allylic oxidation sites excluding steroid dienone is 8. The molecule has 0 radical (unpaired) electrons. The molecule has 2 aromatic carbocycles. The summed E-state index contributed by atoms with van der Waals surface area (Å²) in [6.45, 7) is 8.53. The Morgan fingerprint density at radius 2 is 0.967 bits per heavy atom. The third-order valence-electron chi connectivity index (χ3n) is 4.84. The fourth-order valence-corrected chi connectivity index (χ4v) is 3.14. The zero-order valence-corrected chi connectivity index (χ0v) is 21.4. The van der Waals surface area contributed by atoms with Gasteiger partial charge in [-0.05, 0) is 0 Å². The quantitative estimate of drug-likeness (QED) is 0.308. The van der Waals surface area contributed by atoms with Crippen molar-refractivity contribution in [1.82, 2.24) is 0 Å². The van der Waals surface area contributed by atoms with Gasteiger partial charge in [0.2, 0.25) is 0 Å². The van der Waals surface area contributed by atoms with Crippen LogP contribution in [-0.2, 0) is 20.0 Å². The first-order chi connectivity index (χ1) is 13.5. The Kier molecular flexibility index (Phi) is 14.6. The molecule has 2 aromatic rings. The Morgan fingerprint density at radius 3 is 1.17 bits per heavy atom. The average Bonchev–Trinajstić information content (AvgIpc) is 3.30. The first-order valence-corrected chi connectivity index (χ1v) is 10.4. The summed E-state index contributed by atoms with van der Waals surface area (Å²) in [4.78, 5) is 0. The van der Waals surface area contributed by atoms with Gasteiger partial charge in [-0.2, -0.15) is 11.1 Å². The summed E-state index contributed by atoms with van der Waals surface area (Å²) in [7, 11) is 0. The molecule has 0 spiro atoms. The van der Waals surface area contributed by atoms with Crippen LogP contribution in [0.25, 0.3) is 0 Å². The van der Waals surface area contributed by atoms with E-state index in [0.29, 0.717) is 0 Å². The number of hydrogen-bond donors (Lipinski definition) is 0. The maximum absolute atomic E-state index is 3.12. The van der Waals surface area contributed by atoms with E-state index < -0.39 is 0 Å². The molecule has 0 saturated heterocycles. The number of rotatable bonds is 2. The van der Waals surface area contributed by atoms with Crippen molar-refractivity contribution in [2.24, 2.45) is 0 Å². The molecule has 30 heavy (non-hydrogen) atoms. The van der Waals surface area contributed by atoms with Gasteiger partial charge in [-0.3, -0.25) is 12.2 Å². The number of benzene rings is 2. The van der Waals surface area contributed by atoms with Crippen molar-refractivity contribution in [3.8, 4) is 0 Å². The summed E-state index contributed by atoms with van der Waals surface area (Å²) in [5.74, 6) is 0. The van der Waals surface area contributed by atoms with Gasteiger partial charge < -0.3 is 0 Å². The van der Waals surface area contributed by atoms with E-state index in [2.05, 4.69) is 121 Å². The van der Waals surface area contributed by atoms with E-state index >= 15 is 0 Å². The fourth-order valence-electron chi connectivity index (χ4n) is 2.62. The van der Waals surface area contributed by atoms with Crippen LogP contribution in [0.4, 0.5) is 0 Å². The SMILES string of the molecule is CC1=C(C)C[C-]=C1.CC1=C(C)C[C-]=C1.Cl.Cl.[Ti+2]=[C](c1ccccc1)c1ccccc1. The molecule has 0 bridgehead atoms. The van der Waals surface area contributed by atoms with Crippen LogP contribution in [-0.4, -0.2) is 3.81 Å². The zero-order chi connectivity index (χ0) is 20.4. The average molecular weight is 473 g/mol. The Balaban J connectivity index is 0.000000448. The van der Waals surface area contributed by atoms with Gasteiger partial charge in [-0.25, -0.2) is 23.3 Å². The zero-order valence-electron chi connectivity index (χ0n) is 18.2. The third kappa shape index (κ3) is 9.58. The summed E-state index contributed by atoms with van der Waals surface area (Å²) in [6.07, 6.45) is 12.4. The van der Waals surface area contributed by atoms with Crippen LogP contribution in [0.15, 0.2) is 95.1 Å². The van der Waals surface area contributed by atoms with Crippen molar-refractivity contribution >= 4 is 28.6 Å². The van der Waals surface area contributed by atoms with Gasteiger partial charge >= 0.3 is 95.6 Å². The molecule has 0 fully saturated rings. The van der Waals surface area contributed by atoms with Gasteiger partial charge in [0.1, 0.15) is 0 Å². The maximum atomic E-state index is 3.12. The predicted molar refractivity (Wildman–Crippen MR) is 132 cm³/mol. The topological polar surface area (TPSA) is 0 Å². The van der Waals surface area contributed by atoms with E-state index in [0.717, 1.165) is 12.8 Å². The van der Waals surface area contributed by atoms with Crippen molar-refractivity contribution in [2.75, 3.05) is 0 Å². The molecule has 156 valence electrons. The molecule has 0 nitrogen and oxygen atoms in total. The van der Waals surface area contributed by atoms with Gasteiger partial charge in [-0.1, -0.05) is 13.8 Å². The molecular formula is C27H30Cl2Ti. The molecule has 0 aromatic heterocycles. The predicted octanol–water partition coefficient (Wildman–Crippen LogP) is 7.82. The van der Waals surface area contributed by atoms with Crippen LogP contribution >= 0.6 is 24.8 Å². The van der Waals surface area contributed by atoms with E-state index in [4.69, 9.17) is 0 Å². The van der Waals surface area contributed by atoms with Crippen LogP contribution in [0.3, 0.4) is 0 Å². The second-order valence-corrected chi connectivity index (χ2v) is 7.86. The second-order valence-electron chi connectivity index (χ2n) is 7.08. The molecule has 3 heteroatoms. The Hall–Kier alpha value is -1.44. The van der Waals surface area contributed by atoms with Crippen LogP contribution in [0.1, 0.15) is 51.7 Å². The summed E-state index contributed by atoms with van der Waals surface area (Å²) < 4.78 is 1.33. The van der Waals surface area contributed by atoms with Crippen molar-refractivity contribution in [3.63, 3.8) is 0 Å². The van der Waals surface area contributed by atoms with Gasteiger partial charge in [-0.15, -0.1) is 51.5 Å². The van der Waals surface area contributed by atoms with Crippen LogP contribution in [0.5, 0.6) is 0 Å². The Labute approximate surface area is 206 Å². The minimum atomic E-state index is 0. The molecule has 0 heterocycles. The fraction of sp³-hybridized carbons (Fsp3) is 0.222. The first kappa shape index (κ1) is 28.6. The van der Waals surface area contributed by atoms with Gasteiger partial charge in [0, 0.05) is 0 Å².